The Hall–Kier alpha value is -1.86. The van der Waals surface area contributed by atoms with Gasteiger partial charge in [0.05, 0.1) is 12.8 Å². The summed E-state index contributed by atoms with van der Waals surface area (Å²) in [5.41, 5.74) is 0.823. The maximum atomic E-state index is 12.7. The number of aromatic amines is 1. The van der Waals surface area contributed by atoms with Crippen LogP contribution >= 0.6 is 0 Å². The van der Waals surface area contributed by atoms with Gasteiger partial charge in [0.25, 0.3) is 10.0 Å². The monoisotopic (exact) mass is 337 g/mol. The molecule has 0 aliphatic rings. The standard InChI is InChI=1S/C16H23N3O3S/c1-5-22-14-9-7-6-8-13(14)11-19(4)23(20,21)15-10-17-16(18-15)12(2)3/h6-10,12H,5,11H2,1-4H3,(H,17,18). The van der Waals surface area contributed by atoms with Crippen molar-refractivity contribution in [2.75, 3.05) is 13.7 Å². The van der Waals surface area contributed by atoms with Crippen molar-refractivity contribution in [3.63, 3.8) is 0 Å². The highest BCUT2D eigenvalue weighted by Crippen LogP contribution is 2.23. The molecule has 0 saturated carbocycles. The lowest BCUT2D eigenvalue weighted by Crippen LogP contribution is -2.27. The molecule has 1 N–H and O–H groups in total. The molecule has 0 atom stereocenters. The first-order valence-electron chi connectivity index (χ1n) is 7.58. The van der Waals surface area contributed by atoms with E-state index in [1.807, 2.05) is 45.0 Å². The van der Waals surface area contributed by atoms with Gasteiger partial charge >= 0.3 is 0 Å². The van der Waals surface area contributed by atoms with Gasteiger partial charge < -0.3 is 9.72 Å². The Balaban J connectivity index is 2.23. The van der Waals surface area contributed by atoms with Gasteiger partial charge in [-0.1, -0.05) is 32.0 Å². The van der Waals surface area contributed by atoms with Gasteiger partial charge in [0.15, 0.2) is 5.03 Å². The molecule has 0 fully saturated rings. The zero-order valence-corrected chi connectivity index (χ0v) is 14.7. The minimum Gasteiger partial charge on any atom is -0.494 e. The molecule has 126 valence electrons. The highest BCUT2D eigenvalue weighted by atomic mass is 32.2. The van der Waals surface area contributed by atoms with Crippen LogP contribution in [0.1, 0.15) is 38.1 Å². The Bertz CT molecular complexity index is 753. The number of imidazole rings is 1. The number of hydrogen-bond acceptors (Lipinski definition) is 4. The Morgan fingerprint density at radius 2 is 2.00 bits per heavy atom. The molecular formula is C16H23N3O3S. The molecule has 0 radical (unpaired) electrons. The van der Waals surface area contributed by atoms with E-state index in [4.69, 9.17) is 4.74 Å². The van der Waals surface area contributed by atoms with E-state index in [-0.39, 0.29) is 17.5 Å². The van der Waals surface area contributed by atoms with Crippen molar-refractivity contribution in [3.05, 3.63) is 41.9 Å². The van der Waals surface area contributed by atoms with Gasteiger partial charge in [-0.15, -0.1) is 0 Å². The van der Waals surface area contributed by atoms with Crippen molar-refractivity contribution in [1.82, 2.24) is 14.3 Å². The van der Waals surface area contributed by atoms with Gasteiger partial charge in [-0.25, -0.2) is 13.4 Å². The summed E-state index contributed by atoms with van der Waals surface area (Å²) in [6, 6.07) is 7.44. The Labute approximate surface area is 137 Å². The van der Waals surface area contributed by atoms with Crippen molar-refractivity contribution in [3.8, 4) is 5.75 Å². The largest absolute Gasteiger partial charge is 0.494 e. The van der Waals surface area contributed by atoms with Crippen LogP contribution in [0.4, 0.5) is 0 Å². The third-order valence-corrected chi connectivity index (χ3v) is 5.19. The summed E-state index contributed by atoms with van der Waals surface area (Å²) in [6.45, 7) is 6.57. The maximum Gasteiger partial charge on any atom is 0.260 e. The van der Waals surface area contributed by atoms with Crippen LogP contribution in [0.2, 0.25) is 0 Å². The third kappa shape index (κ3) is 3.92. The SMILES string of the molecule is CCOc1ccccc1CN(C)S(=O)(=O)c1cnc(C(C)C)[nH]1. The van der Waals surface area contributed by atoms with Gasteiger partial charge in [0, 0.05) is 25.1 Å². The number of sulfonamides is 1. The molecule has 1 heterocycles. The average molecular weight is 337 g/mol. The molecule has 7 heteroatoms. The molecule has 0 saturated heterocycles. The van der Waals surface area contributed by atoms with Crippen molar-refractivity contribution in [2.45, 2.75) is 38.3 Å². The van der Waals surface area contributed by atoms with Gasteiger partial charge in [-0.2, -0.15) is 4.31 Å². The van der Waals surface area contributed by atoms with Gasteiger partial charge in [0.1, 0.15) is 11.6 Å². The molecule has 0 amide bonds. The van der Waals surface area contributed by atoms with Gasteiger partial charge in [-0.3, -0.25) is 0 Å². The number of nitrogens with zero attached hydrogens (tertiary/aromatic N) is 2. The highest BCUT2D eigenvalue weighted by Gasteiger charge is 2.24. The second-order valence-corrected chi connectivity index (χ2v) is 7.60. The smallest absolute Gasteiger partial charge is 0.260 e. The van der Waals surface area contributed by atoms with Crippen LogP contribution in [0.5, 0.6) is 5.75 Å². The van der Waals surface area contributed by atoms with E-state index < -0.39 is 10.0 Å². The second kappa shape index (κ2) is 7.14. The van der Waals surface area contributed by atoms with Crippen LogP contribution in [0.25, 0.3) is 0 Å². The minimum atomic E-state index is -3.62. The van der Waals surface area contributed by atoms with E-state index in [2.05, 4.69) is 9.97 Å². The predicted octanol–water partition coefficient (Wildman–Crippen LogP) is 2.75. The lowest BCUT2D eigenvalue weighted by atomic mass is 10.2. The quantitative estimate of drug-likeness (QED) is 0.843. The molecule has 0 bridgehead atoms. The molecule has 0 aliphatic heterocycles. The summed E-state index contributed by atoms with van der Waals surface area (Å²) in [7, 11) is -2.07. The number of aromatic nitrogens is 2. The fourth-order valence-corrected chi connectivity index (χ4v) is 3.23. The fourth-order valence-electron chi connectivity index (χ4n) is 2.17. The van der Waals surface area contributed by atoms with E-state index in [0.29, 0.717) is 18.2 Å². The fraction of sp³-hybridized carbons (Fsp3) is 0.438. The van der Waals surface area contributed by atoms with Crippen LogP contribution in [0.3, 0.4) is 0 Å². The number of H-pyrrole nitrogens is 1. The van der Waals surface area contributed by atoms with Crippen LogP contribution in [0, 0.1) is 0 Å². The van der Waals surface area contributed by atoms with Crippen LogP contribution < -0.4 is 4.74 Å². The number of nitrogens with one attached hydrogen (secondary N) is 1. The van der Waals surface area contributed by atoms with E-state index in [9.17, 15) is 8.42 Å². The molecule has 0 aliphatic carbocycles. The number of rotatable bonds is 7. The highest BCUT2D eigenvalue weighted by molar-refractivity contribution is 7.89. The number of benzene rings is 1. The number of ether oxygens (including phenoxy) is 1. The molecule has 1 aromatic heterocycles. The lowest BCUT2D eigenvalue weighted by Gasteiger charge is -2.18. The van der Waals surface area contributed by atoms with E-state index in [1.54, 1.807) is 7.05 Å². The summed E-state index contributed by atoms with van der Waals surface area (Å²) >= 11 is 0. The first-order valence-corrected chi connectivity index (χ1v) is 9.02. The third-order valence-electron chi connectivity index (χ3n) is 3.47. The molecule has 6 nitrogen and oxygen atoms in total. The van der Waals surface area contributed by atoms with Crippen LogP contribution in [-0.4, -0.2) is 36.3 Å². The first kappa shape index (κ1) is 17.5. The summed E-state index contributed by atoms with van der Waals surface area (Å²) in [5, 5.41) is 0.109. The second-order valence-electron chi connectivity index (χ2n) is 5.59. The molecule has 23 heavy (non-hydrogen) atoms. The normalized spacial score (nSPS) is 12.1. The Morgan fingerprint density at radius 1 is 1.30 bits per heavy atom. The number of para-hydroxylation sites is 1. The van der Waals surface area contributed by atoms with Crippen LogP contribution in [-0.2, 0) is 16.6 Å². The molecule has 1 aromatic carbocycles. The molecule has 0 spiro atoms. The number of hydrogen-bond donors (Lipinski definition) is 1. The van der Waals surface area contributed by atoms with E-state index >= 15 is 0 Å². The maximum absolute atomic E-state index is 12.7. The summed E-state index contributed by atoms with van der Waals surface area (Å²) in [6.07, 6.45) is 1.37. The van der Waals surface area contributed by atoms with Gasteiger partial charge in [-0.05, 0) is 13.0 Å². The topological polar surface area (TPSA) is 75.3 Å². The zero-order valence-electron chi connectivity index (χ0n) is 13.9. The molecule has 0 unspecified atom stereocenters. The van der Waals surface area contributed by atoms with Crippen LogP contribution in [0.15, 0.2) is 35.5 Å². The van der Waals surface area contributed by atoms with Crippen molar-refractivity contribution in [1.29, 1.82) is 0 Å². The Morgan fingerprint density at radius 3 is 2.61 bits per heavy atom. The van der Waals surface area contributed by atoms with Gasteiger partial charge in [0.2, 0.25) is 0 Å². The predicted molar refractivity (Wildman–Crippen MR) is 88.9 cm³/mol. The Kier molecular flexibility index (Phi) is 5.43. The summed E-state index contributed by atoms with van der Waals surface area (Å²) < 4.78 is 32.2. The molecular weight excluding hydrogens is 314 g/mol. The average Bonchev–Trinajstić information content (AvgIpc) is 3.00. The zero-order chi connectivity index (χ0) is 17.0. The van der Waals surface area contributed by atoms with Crippen molar-refractivity contribution < 1.29 is 13.2 Å². The van der Waals surface area contributed by atoms with E-state index in [0.717, 1.165) is 5.56 Å². The van der Waals surface area contributed by atoms with Crippen molar-refractivity contribution in [2.24, 2.45) is 0 Å². The molecule has 2 rings (SSSR count). The first-order chi connectivity index (χ1) is 10.9. The van der Waals surface area contributed by atoms with E-state index in [1.165, 1.54) is 10.5 Å². The molecule has 2 aromatic rings. The van der Waals surface area contributed by atoms with Crippen molar-refractivity contribution >= 4 is 10.0 Å². The lowest BCUT2D eigenvalue weighted by molar-refractivity contribution is 0.332. The minimum absolute atomic E-state index is 0.109. The summed E-state index contributed by atoms with van der Waals surface area (Å²) in [4.78, 5) is 7.02. The summed E-state index contributed by atoms with van der Waals surface area (Å²) in [5.74, 6) is 1.50.